The van der Waals surface area contributed by atoms with E-state index in [9.17, 15) is 0 Å². The smallest absolute Gasteiger partial charge is 0.143 e. The minimum absolute atomic E-state index is 0.819. The molecule has 0 spiro atoms. The van der Waals surface area contributed by atoms with Crippen LogP contribution in [0, 0.1) is 0 Å². The first-order valence-corrected chi connectivity index (χ1v) is 32.6. The highest BCUT2D eigenvalue weighted by Gasteiger charge is 2.28. The van der Waals surface area contributed by atoms with E-state index in [0.717, 1.165) is 146 Å². The fourth-order valence-corrected chi connectivity index (χ4v) is 13.3. The van der Waals surface area contributed by atoms with Crippen LogP contribution in [0.5, 0.6) is 0 Å². The first-order valence-electron chi connectivity index (χ1n) is 32.6. The van der Waals surface area contributed by atoms with E-state index in [2.05, 4.69) is 386 Å². The van der Waals surface area contributed by atoms with Crippen LogP contribution in [0.4, 0.5) is 34.1 Å². The van der Waals surface area contributed by atoms with Crippen molar-refractivity contribution in [1.29, 1.82) is 0 Å². The summed E-state index contributed by atoms with van der Waals surface area (Å²) in [7, 11) is 0. The highest BCUT2D eigenvalue weighted by molar-refractivity contribution is 6.01. The molecule has 16 aromatic rings. The van der Waals surface area contributed by atoms with Crippen molar-refractivity contribution in [2.24, 2.45) is 0 Å². The molecule has 16 rings (SSSR count). The third kappa shape index (κ3) is 11.7. The van der Waals surface area contributed by atoms with Crippen LogP contribution in [0.2, 0.25) is 0 Å². The monoisotopic (exact) mass is 1230 g/mol. The maximum Gasteiger partial charge on any atom is 0.143 e. The second-order valence-electron chi connectivity index (χ2n) is 23.9. The number of hydrogen-bond acceptors (Lipinski definition) is 4. The maximum absolute atomic E-state index is 7.14. The lowest BCUT2D eigenvalue weighted by molar-refractivity contribution is 0.598. The van der Waals surface area contributed by atoms with Gasteiger partial charge in [-0.15, -0.1) is 0 Å². The molecule has 2 heterocycles. The molecule has 0 N–H and O–H groups in total. The summed E-state index contributed by atoms with van der Waals surface area (Å²) in [6.45, 7) is 0. The maximum atomic E-state index is 7.14. The van der Waals surface area contributed by atoms with Crippen LogP contribution in [0.15, 0.2) is 397 Å². The van der Waals surface area contributed by atoms with Crippen LogP contribution < -0.4 is 9.80 Å². The summed E-state index contributed by atoms with van der Waals surface area (Å²) in [6, 6.07) is 138. The Kier molecular flexibility index (Phi) is 16.1. The van der Waals surface area contributed by atoms with Crippen LogP contribution in [0.3, 0.4) is 0 Å². The second kappa shape index (κ2) is 26.5. The Morgan fingerprint density at radius 3 is 0.448 bits per heavy atom. The summed E-state index contributed by atoms with van der Waals surface area (Å²) in [6.07, 6.45) is 0. The van der Waals surface area contributed by atoms with Gasteiger partial charge < -0.3 is 18.6 Å². The van der Waals surface area contributed by atoms with Gasteiger partial charge in [0.2, 0.25) is 0 Å². The third-order valence-electron chi connectivity index (χ3n) is 18.0. The molecular weight excluding hydrogens is 1170 g/mol. The summed E-state index contributed by atoms with van der Waals surface area (Å²) in [5, 5.41) is 0. The molecule has 0 aliphatic heterocycles. The van der Waals surface area contributed by atoms with E-state index >= 15 is 0 Å². The fourth-order valence-electron chi connectivity index (χ4n) is 13.3. The Labute approximate surface area is 560 Å². The van der Waals surface area contributed by atoms with Gasteiger partial charge >= 0.3 is 0 Å². The van der Waals surface area contributed by atoms with Crippen LogP contribution in [0.1, 0.15) is 0 Å². The molecule has 0 saturated carbocycles. The normalized spacial score (nSPS) is 11.1. The molecule has 0 saturated heterocycles. The molecule has 4 nitrogen and oxygen atoms in total. The van der Waals surface area contributed by atoms with Crippen LogP contribution >= 0.6 is 0 Å². The molecule has 0 unspecified atom stereocenters. The first-order chi connectivity index (χ1) is 47.6. The first kappa shape index (κ1) is 58.3. The quantitative estimate of drug-likeness (QED) is 0.0910. The zero-order chi connectivity index (χ0) is 64.0. The number of hydrogen-bond donors (Lipinski definition) is 0. The van der Waals surface area contributed by atoms with Crippen molar-refractivity contribution in [3.05, 3.63) is 388 Å². The average molecular weight is 1230 g/mol. The number of furan rings is 2. The van der Waals surface area contributed by atoms with Crippen LogP contribution in [-0.4, -0.2) is 0 Å². The second-order valence-corrected chi connectivity index (χ2v) is 23.9. The standard InChI is InChI=1S/C92H64N2O2/c1-9-25-65(26-10-1)67-41-53-79(54-42-67)93(83-61-49-77(50-62-83)91-87(73-33-17-5-18-34-73)85(71-29-13-3-14-30-71)89(95-91)75-37-21-7-22-38-75)81-57-45-69(46-58-81)70-47-59-82(60-48-70)94(80-55-43-68(44-56-80)66-27-11-2-12-28-66)84-63-51-78(52-64-84)92-88(74-35-19-6-20-36-74)86(72-31-15-4-16-32-72)90(96-92)76-39-23-8-24-40-76/h1-64H. The van der Waals surface area contributed by atoms with Crippen LogP contribution in [-0.2, 0) is 0 Å². The summed E-state index contributed by atoms with van der Waals surface area (Å²) >= 11 is 0. The summed E-state index contributed by atoms with van der Waals surface area (Å²) in [4.78, 5) is 4.67. The van der Waals surface area contributed by atoms with Crippen molar-refractivity contribution in [1.82, 2.24) is 0 Å². The van der Waals surface area contributed by atoms with Crippen molar-refractivity contribution in [2.75, 3.05) is 9.80 Å². The molecule has 14 aromatic carbocycles. The van der Waals surface area contributed by atoms with Crippen LogP contribution in [0.25, 0.3) is 123 Å². The van der Waals surface area contributed by atoms with E-state index in [1.54, 1.807) is 0 Å². The van der Waals surface area contributed by atoms with E-state index in [0.29, 0.717) is 0 Å². The minimum Gasteiger partial charge on any atom is -0.455 e. The molecule has 0 aliphatic carbocycles. The fraction of sp³-hybridized carbons (Fsp3) is 0. The Morgan fingerprint density at radius 2 is 0.260 bits per heavy atom. The summed E-state index contributed by atoms with van der Waals surface area (Å²) in [5.41, 5.74) is 25.7. The molecular formula is C92H64N2O2. The molecule has 0 amide bonds. The molecule has 0 atom stereocenters. The van der Waals surface area contributed by atoms with E-state index in [1.165, 1.54) is 11.1 Å². The SMILES string of the molecule is c1ccc(-c2ccc(N(c3ccc(-c4ccc(N(c5ccc(-c6ccccc6)cc5)c5ccc(-c6oc(-c7ccccc7)c(-c7ccccc7)c6-c6ccccc6)cc5)cc4)cc3)c3ccc(-c4oc(-c5ccccc5)c(-c5ccccc5)c4-c4ccccc4)cc3)cc2)cc1. The van der Waals surface area contributed by atoms with Crippen molar-refractivity contribution < 1.29 is 8.83 Å². The number of rotatable bonds is 17. The molecule has 0 aliphatic rings. The predicted octanol–water partition coefficient (Wildman–Crippen LogP) is 26.1. The lowest BCUT2D eigenvalue weighted by Crippen LogP contribution is -2.10. The number of nitrogens with zero attached hydrogens (tertiary/aromatic N) is 2. The topological polar surface area (TPSA) is 32.8 Å². The Hall–Kier alpha value is -12.8. The van der Waals surface area contributed by atoms with Gasteiger partial charge in [0.25, 0.3) is 0 Å². The van der Waals surface area contributed by atoms with Gasteiger partial charge in [-0.25, -0.2) is 0 Å². The Balaban J connectivity index is 0.751. The van der Waals surface area contributed by atoms with Crippen molar-refractivity contribution in [3.8, 4) is 123 Å². The highest BCUT2D eigenvalue weighted by atomic mass is 16.3. The Morgan fingerprint density at radius 1 is 0.125 bits per heavy atom. The lowest BCUT2D eigenvalue weighted by atomic mass is 9.91. The molecule has 454 valence electrons. The zero-order valence-electron chi connectivity index (χ0n) is 52.7. The van der Waals surface area contributed by atoms with Gasteiger partial charge in [0, 0.05) is 78.6 Å². The molecule has 96 heavy (non-hydrogen) atoms. The van der Waals surface area contributed by atoms with E-state index in [4.69, 9.17) is 8.83 Å². The van der Waals surface area contributed by atoms with Gasteiger partial charge in [-0.05, 0) is 153 Å². The van der Waals surface area contributed by atoms with E-state index in [1.807, 2.05) is 12.1 Å². The lowest BCUT2D eigenvalue weighted by Gasteiger charge is -2.27. The highest BCUT2D eigenvalue weighted by Crippen LogP contribution is 2.51. The van der Waals surface area contributed by atoms with Gasteiger partial charge in [0.1, 0.15) is 23.0 Å². The number of anilines is 6. The average Bonchev–Trinajstić information content (AvgIpc) is 1.58. The van der Waals surface area contributed by atoms with Crippen molar-refractivity contribution >= 4 is 34.1 Å². The van der Waals surface area contributed by atoms with Gasteiger partial charge in [0.15, 0.2) is 0 Å². The van der Waals surface area contributed by atoms with E-state index < -0.39 is 0 Å². The van der Waals surface area contributed by atoms with E-state index in [-0.39, 0.29) is 0 Å². The predicted molar refractivity (Wildman–Crippen MR) is 400 cm³/mol. The van der Waals surface area contributed by atoms with Gasteiger partial charge in [0.05, 0.1) is 0 Å². The molecule has 0 radical (unpaired) electrons. The minimum atomic E-state index is 0.819. The van der Waals surface area contributed by atoms with Gasteiger partial charge in [-0.3, -0.25) is 0 Å². The Bertz CT molecular complexity index is 4880. The van der Waals surface area contributed by atoms with Gasteiger partial charge in [-0.1, -0.05) is 291 Å². The molecule has 2 aromatic heterocycles. The van der Waals surface area contributed by atoms with Crippen molar-refractivity contribution in [3.63, 3.8) is 0 Å². The number of benzene rings is 14. The molecule has 0 bridgehead atoms. The summed E-state index contributed by atoms with van der Waals surface area (Å²) < 4.78 is 14.3. The summed E-state index contributed by atoms with van der Waals surface area (Å²) in [5.74, 6) is 3.32. The van der Waals surface area contributed by atoms with Gasteiger partial charge in [-0.2, -0.15) is 0 Å². The third-order valence-corrected chi connectivity index (χ3v) is 18.0. The molecule has 4 heteroatoms. The zero-order valence-corrected chi connectivity index (χ0v) is 52.7. The van der Waals surface area contributed by atoms with Crippen molar-refractivity contribution in [2.45, 2.75) is 0 Å². The molecule has 0 fully saturated rings. The largest absolute Gasteiger partial charge is 0.455 e.